The van der Waals surface area contributed by atoms with E-state index in [0.717, 1.165) is 36.2 Å². The predicted molar refractivity (Wildman–Crippen MR) is 96.1 cm³/mol. The van der Waals surface area contributed by atoms with Gasteiger partial charge in [0.15, 0.2) is 15.7 Å². The van der Waals surface area contributed by atoms with Crippen LogP contribution in [0.5, 0.6) is 10.8 Å². The third-order valence-electron chi connectivity index (χ3n) is 2.25. The molecular weight excluding hydrogens is 377 g/mol. The first-order chi connectivity index (χ1) is 11.1. The molecular formula is C13H20NO5PS3. The van der Waals surface area contributed by atoms with Gasteiger partial charge in [-0.1, -0.05) is 24.7 Å². The van der Waals surface area contributed by atoms with Crippen molar-refractivity contribution >= 4 is 40.4 Å². The molecule has 0 atom stereocenters. The number of hydrogen-bond donors (Lipinski definition) is 0. The van der Waals surface area contributed by atoms with E-state index in [2.05, 4.69) is 6.92 Å². The lowest BCUT2D eigenvalue weighted by atomic mass is 10.4. The highest BCUT2D eigenvalue weighted by atomic mass is 33.1. The zero-order valence-corrected chi connectivity index (χ0v) is 16.6. The maximum atomic E-state index is 12.7. The van der Waals surface area contributed by atoms with Crippen LogP contribution in [0.3, 0.4) is 0 Å². The molecule has 6 nitrogen and oxygen atoms in total. The number of ether oxygens (including phenoxy) is 1. The molecule has 1 heterocycles. The molecule has 23 heavy (non-hydrogen) atoms. The summed E-state index contributed by atoms with van der Waals surface area (Å²) in [6.07, 6.45) is 1.94. The molecule has 0 aromatic carbocycles. The van der Waals surface area contributed by atoms with Crippen molar-refractivity contribution in [2.45, 2.75) is 33.6 Å². The molecule has 10 heteroatoms. The highest BCUT2D eigenvalue weighted by Crippen LogP contribution is 2.70. The van der Waals surface area contributed by atoms with Gasteiger partial charge in [0.2, 0.25) is 0 Å². The maximum absolute atomic E-state index is 12.7. The lowest BCUT2D eigenvalue weighted by Crippen LogP contribution is -1.94. The number of hydrogen-bond acceptors (Lipinski definition) is 9. The summed E-state index contributed by atoms with van der Waals surface area (Å²) in [6, 6.07) is 3.62. The Bertz CT molecular complexity index is 548. The predicted octanol–water partition coefficient (Wildman–Crippen LogP) is 5.65. The standard InChI is InChI=1S/C13H20NO5PS3/c1-4-7-8-16-13-9-11(12(10-14)21-13)19-20(15,22-17-5-2)23-18-6-3/h9H,4-8H2,1-3H3. The number of nitriles is 1. The van der Waals surface area contributed by atoms with E-state index in [9.17, 15) is 9.83 Å². The van der Waals surface area contributed by atoms with Crippen LogP contribution in [-0.4, -0.2) is 19.8 Å². The summed E-state index contributed by atoms with van der Waals surface area (Å²) in [5.74, 6) is -3.12. The summed E-state index contributed by atoms with van der Waals surface area (Å²) in [5.41, 5.74) is 0. The van der Waals surface area contributed by atoms with Crippen molar-refractivity contribution in [1.82, 2.24) is 0 Å². The minimum absolute atomic E-state index is 0.228. The second-order valence-corrected chi connectivity index (χ2v) is 11.4. The van der Waals surface area contributed by atoms with Crippen molar-refractivity contribution < 1.29 is 22.2 Å². The molecule has 1 aromatic rings. The number of thiophene rings is 1. The quantitative estimate of drug-likeness (QED) is 0.254. The number of unbranched alkanes of at least 4 members (excludes halogenated alkanes) is 1. The highest BCUT2D eigenvalue weighted by molar-refractivity contribution is 8.87. The van der Waals surface area contributed by atoms with Gasteiger partial charge in [-0.3, -0.25) is 0 Å². The molecule has 0 saturated heterocycles. The Morgan fingerprint density at radius 1 is 1.26 bits per heavy atom. The third kappa shape index (κ3) is 7.38. The summed E-state index contributed by atoms with van der Waals surface area (Å²) in [7, 11) is 0. The molecule has 0 aliphatic heterocycles. The summed E-state index contributed by atoms with van der Waals surface area (Å²) in [4.78, 5) is 0.311. The van der Waals surface area contributed by atoms with Crippen molar-refractivity contribution in [1.29, 1.82) is 5.26 Å². The fourth-order valence-corrected chi connectivity index (χ4v) is 6.19. The molecule has 0 aliphatic carbocycles. The van der Waals surface area contributed by atoms with Crippen LogP contribution in [0.4, 0.5) is 0 Å². The van der Waals surface area contributed by atoms with Crippen molar-refractivity contribution in [3.8, 4) is 16.9 Å². The van der Waals surface area contributed by atoms with Gasteiger partial charge in [0.1, 0.15) is 29.4 Å². The molecule has 0 aliphatic rings. The number of rotatable bonds is 12. The lowest BCUT2D eigenvalue weighted by Gasteiger charge is -2.15. The van der Waals surface area contributed by atoms with E-state index < -0.39 is 5.77 Å². The zero-order chi connectivity index (χ0) is 17.1. The Morgan fingerprint density at radius 2 is 1.91 bits per heavy atom. The Balaban J connectivity index is 2.85. The van der Waals surface area contributed by atoms with E-state index in [-0.39, 0.29) is 5.75 Å². The summed E-state index contributed by atoms with van der Waals surface area (Å²) in [5, 5.41) is 9.78. The maximum Gasteiger partial charge on any atom is 0.412 e. The molecule has 1 aromatic heterocycles. The molecule has 0 saturated carbocycles. The van der Waals surface area contributed by atoms with Crippen LogP contribution in [0, 0.1) is 11.3 Å². The van der Waals surface area contributed by atoms with Crippen LogP contribution in [-0.2, 0) is 12.9 Å². The highest BCUT2D eigenvalue weighted by Gasteiger charge is 2.32. The van der Waals surface area contributed by atoms with Crippen molar-refractivity contribution in [3.63, 3.8) is 0 Å². The lowest BCUT2D eigenvalue weighted by molar-refractivity contribution is 0.317. The van der Waals surface area contributed by atoms with Crippen LogP contribution in [0.1, 0.15) is 38.5 Å². The van der Waals surface area contributed by atoms with Crippen LogP contribution in [0.15, 0.2) is 6.07 Å². The first-order valence-corrected chi connectivity index (χ1v) is 12.3. The fraction of sp³-hybridized carbons (Fsp3) is 0.615. The van der Waals surface area contributed by atoms with E-state index in [0.29, 0.717) is 29.8 Å². The molecule has 1 rings (SSSR count). The van der Waals surface area contributed by atoms with Gasteiger partial charge in [0.25, 0.3) is 0 Å². The SMILES string of the molecule is CCCCOc1cc(OP(=O)(SOCC)SOCC)c(C#N)s1. The molecule has 0 bridgehead atoms. The normalized spacial score (nSPS) is 11.2. The van der Waals surface area contributed by atoms with Gasteiger partial charge in [0, 0.05) is 6.07 Å². The van der Waals surface area contributed by atoms with E-state index in [1.54, 1.807) is 19.9 Å². The number of nitrogens with zero attached hydrogens (tertiary/aromatic N) is 1. The molecule has 0 amide bonds. The first kappa shape index (κ1) is 20.7. The molecule has 0 N–H and O–H groups in total. The Morgan fingerprint density at radius 3 is 2.43 bits per heavy atom. The van der Waals surface area contributed by atoms with Crippen LogP contribution in [0.2, 0.25) is 0 Å². The second-order valence-electron chi connectivity index (χ2n) is 4.07. The largest absolute Gasteiger partial charge is 0.484 e. The summed E-state index contributed by atoms with van der Waals surface area (Å²) < 4.78 is 34.2. The smallest absolute Gasteiger partial charge is 0.412 e. The Labute approximate surface area is 149 Å². The van der Waals surface area contributed by atoms with Crippen molar-refractivity contribution in [3.05, 3.63) is 10.9 Å². The van der Waals surface area contributed by atoms with Crippen LogP contribution >= 0.6 is 40.4 Å². The molecule has 0 fully saturated rings. The first-order valence-electron chi connectivity index (χ1n) is 7.17. The summed E-state index contributed by atoms with van der Waals surface area (Å²) in [6.45, 7) is 6.97. The van der Waals surface area contributed by atoms with Crippen LogP contribution in [0.25, 0.3) is 0 Å². The average Bonchev–Trinajstić information content (AvgIpc) is 2.93. The average molecular weight is 397 g/mol. The van der Waals surface area contributed by atoms with Gasteiger partial charge in [-0.25, -0.2) is 4.57 Å². The van der Waals surface area contributed by atoms with Gasteiger partial charge >= 0.3 is 5.77 Å². The van der Waals surface area contributed by atoms with E-state index in [1.807, 2.05) is 6.07 Å². The Kier molecular flexibility index (Phi) is 10.1. The van der Waals surface area contributed by atoms with Crippen LogP contribution < -0.4 is 9.26 Å². The summed E-state index contributed by atoms with van der Waals surface area (Å²) >= 11 is 2.64. The molecule has 130 valence electrons. The van der Waals surface area contributed by atoms with E-state index in [4.69, 9.17) is 17.6 Å². The second kappa shape index (κ2) is 11.2. The van der Waals surface area contributed by atoms with Gasteiger partial charge in [0.05, 0.1) is 19.8 Å². The minimum atomic E-state index is -3.34. The van der Waals surface area contributed by atoms with Crippen molar-refractivity contribution in [2.75, 3.05) is 19.8 Å². The fourth-order valence-electron chi connectivity index (χ4n) is 1.28. The van der Waals surface area contributed by atoms with Gasteiger partial charge < -0.3 is 17.6 Å². The molecule has 0 unspecified atom stereocenters. The Hall–Kier alpha value is -0.360. The zero-order valence-electron chi connectivity index (χ0n) is 13.3. The monoisotopic (exact) mass is 397 g/mol. The molecule has 0 radical (unpaired) electrons. The van der Waals surface area contributed by atoms with Gasteiger partial charge in [-0.05, 0) is 20.3 Å². The van der Waals surface area contributed by atoms with Gasteiger partial charge in [-0.2, -0.15) is 5.26 Å². The minimum Gasteiger partial charge on any atom is -0.484 e. The van der Waals surface area contributed by atoms with E-state index in [1.165, 1.54) is 11.3 Å². The molecule has 0 spiro atoms. The van der Waals surface area contributed by atoms with Gasteiger partial charge in [-0.15, -0.1) is 0 Å². The topological polar surface area (TPSA) is 77.8 Å². The van der Waals surface area contributed by atoms with Crippen molar-refractivity contribution in [2.24, 2.45) is 0 Å². The van der Waals surface area contributed by atoms with E-state index >= 15 is 0 Å². The third-order valence-corrected chi connectivity index (χ3v) is 7.92.